The molecule has 0 radical (unpaired) electrons. The van der Waals surface area contributed by atoms with Gasteiger partial charge in [0.05, 0.1) is 12.5 Å². The predicted octanol–water partition coefficient (Wildman–Crippen LogP) is 0.319. The quantitative estimate of drug-likeness (QED) is 0.730. The Morgan fingerprint density at radius 3 is 2.47 bits per heavy atom. The number of imide groups is 1. The molecule has 2 aliphatic rings. The molecule has 0 aliphatic carbocycles. The number of carbonyl (C=O) groups excluding carboxylic acids is 2. The Balaban J connectivity index is 2.30. The Labute approximate surface area is 112 Å². The Morgan fingerprint density at radius 1 is 1.37 bits per heavy atom. The molecule has 2 unspecified atom stereocenters. The number of nitrogens with zero attached hydrogens (tertiary/aromatic N) is 2. The summed E-state index contributed by atoms with van der Waals surface area (Å²) in [5.41, 5.74) is -0.394. The van der Waals surface area contributed by atoms with Gasteiger partial charge in [0, 0.05) is 7.05 Å². The molecule has 2 aliphatic heterocycles. The third-order valence-corrected chi connectivity index (χ3v) is 4.30. The normalized spacial score (nSPS) is 31.8. The van der Waals surface area contributed by atoms with Gasteiger partial charge in [-0.25, -0.2) is 0 Å². The number of rotatable bonds is 2. The van der Waals surface area contributed by atoms with E-state index in [-0.39, 0.29) is 18.2 Å². The Morgan fingerprint density at radius 2 is 2.00 bits per heavy atom. The third-order valence-electron chi connectivity index (χ3n) is 4.30. The van der Waals surface area contributed by atoms with Crippen LogP contribution in [-0.4, -0.2) is 58.4 Å². The smallest absolute Gasteiger partial charge is 0.321 e. The van der Waals surface area contributed by atoms with E-state index in [2.05, 4.69) is 0 Å². The van der Waals surface area contributed by atoms with E-state index in [4.69, 9.17) is 0 Å². The Bertz CT molecular complexity index is 432. The van der Waals surface area contributed by atoms with Crippen LogP contribution in [-0.2, 0) is 14.4 Å². The van der Waals surface area contributed by atoms with E-state index in [1.165, 1.54) is 7.05 Å². The second-order valence-electron chi connectivity index (χ2n) is 6.08. The van der Waals surface area contributed by atoms with Crippen LogP contribution in [0.3, 0.4) is 0 Å². The number of aliphatic carboxylic acids is 1. The molecule has 0 aromatic heterocycles. The fourth-order valence-electron chi connectivity index (χ4n) is 3.24. The van der Waals surface area contributed by atoms with E-state index in [0.29, 0.717) is 6.54 Å². The van der Waals surface area contributed by atoms with Gasteiger partial charge >= 0.3 is 5.97 Å². The summed E-state index contributed by atoms with van der Waals surface area (Å²) in [6, 6.07) is -1.33. The van der Waals surface area contributed by atoms with Crippen LogP contribution in [0.15, 0.2) is 0 Å². The van der Waals surface area contributed by atoms with Crippen molar-refractivity contribution in [3.63, 3.8) is 0 Å². The lowest BCUT2D eigenvalue weighted by atomic mass is 9.75. The highest BCUT2D eigenvalue weighted by molar-refractivity contribution is 6.05. The van der Waals surface area contributed by atoms with Gasteiger partial charge < -0.3 is 5.11 Å². The van der Waals surface area contributed by atoms with E-state index in [1.54, 1.807) is 4.90 Å². The van der Waals surface area contributed by atoms with Gasteiger partial charge in [-0.3, -0.25) is 24.2 Å². The van der Waals surface area contributed by atoms with Crippen LogP contribution >= 0.6 is 0 Å². The lowest BCUT2D eigenvalue weighted by molar-refractivity contribution is -0.154. The van der Waals surface area contributed by atoms with E-state index in [1.807, 2.05) is 13.8 Å². The van der Waals surface area contributed by atoms with E-state index < -0.39 is 23.5 Å². The van der Waals surface area contributed by atoms with Crippen LogP contribution in [0.2, 0.25) is 0 Å². The number of carboxylic acids is 1. The first-order chi connectivity index (χ1) is 8.75. The van der Waals surface area contributed by atoms with Gasteiger partial charge in [0.25, 0.3) is 0 Å². The van der Waals surface area contributed by atoms with Crippen molar-refractivity contribution in [3.05, 3.63) is 0 Å². The summed E-state index contributed by atoms with van der Waals surface area (Å²) in [6.07, 6.45) is 1.75. The predicted molar refractivity (Wildman–Crippen MR) is 67.3 cm³/mol. The third kappa shape index (κ3) is 2.25. The number of carboxylic acid groups (broad SMARTS) is 1. The molecule has 6 heteroatoms. The van der Waals surface area contributed by atoms with Crippen LogP contribution in [0.4, 0.5) is 0 Å². The molecule has 0 aromatic carbocycles. The van der Waals surface area contributed by atoms with Crippen LogP contribution < -0.4 is 0 Å². The zero-order chi connectivity index (χ0) is 14.4. The average molecular weight is 268 g/mol. The summed E-state index contributed by atoms with van der Waals surface area (Å²) < 4.78 is 0. The number of hydrogen-bond donors (Lipinski definition) is 1. The molecule has 2 heterocycles. The highest BCUT2D eigenvalue weighted by Crippen LogP contribution is 2.37. The van der Waals surface area contributed by atoms with E-state index in [9.17, 15) is 19.5 Å². The molecule has 2 amide bonds. The highest BCUT2D eigenvalue weighted by Gasteiger charge is 2.50. The standard InChI is InChI=1S/C13H20N2O4/c1-13(2)5-4-6-15(10(13)12(18)19)8-7-9(16)14(3)11(8)17/h8,10H,4-7H2,1-3H3,(H,18,19). The van der Waals surface area contributed by atoms with Crippen molar-refractivity contribution in [2.45, 2.75) is 45.2 Å². The lowest BCUT2D eigenvalue weighted by Gasteiger charge is -2.45. The zero-order valence-electron chi connectivity index (χ0n) is 11.5. The van der Waals surface area contributed by atoms with Gasteiger partial charge in [0.1, 0.15) is 6.04 Å². The number of amides is 2. The second-order valence-corrected chi connectivity index (χ2v) is 6.08. The largest absolute Gasteiger partial charge is 0.480 e. The molecule has 1 N–H and O–H groups in total. The van der Waals surface area contributed by atoms with Crippen molar-refractivity contribution in [1.29, 1.82) is 0 Å². The summed E-state index contributed by atoms with van der Waals surface area (Å²) in [5.74, 6) is -1.43. The summed E-state index contributed by atoms with van der Waals surface area (Å²) in [7, 11) is 1.45. The van der Waals surface area contributed by atoms with Crippen molar-refractivity contribution in [1.82, 2.24) is 9.80 Å². The Kier molecular flexibility index (Phi) is 3.38. The van der Waals surface area contributed by atoms with Crippen molar-refractivity contribution in [3.8, 4) is 0 Å². The molecule has 2 saturated heterocycles. The van der Waals surface area contributed by atoms with Crippen LogP contribution in [0.5, 0.6) is 0 Å². The fraction of sp³-hybridized carbons (Fsp3) is 0.769. The number of hydrogen-bond acceptors (Lipinski definition) is 4. The van der Waals surface area contributed by atoms with Gasteiger partial charge in [0.2, 0.25) is 11.8 Å². The van der Waals surface area contributed by atoms with Gasteiger partial charge in [0.15, 0.2) is 0 Å². The van der Waals surface area contributed by atoms with Crippen LogP contribution in [0, 0.1) is 5.41 Å². The van der Waals surface area contributed by atoms with Crippen molar-refractivity contribution >= 4 is 17.8 Å². The first-order valence-electron chi connectivity index (χ1n) is 6.54. The first kappa shape index (κ1) is 14.0. The molecule has 2 rings (SSSR count). The molecule has 0 bridgehead atoms. The zero-order valence-corrected chi connectivity index (χ0v) is 11.5. The Hall–Kier alpha value is -1.43. The molecule has 0 spiro atoms. The molecule has 19 heavy (non-hydrogen) atoms. The second kappa shape index (κ2) is 4.59. The number of piperidine rings is 1. The summed E-state index contributed by atoms with van der Waals surface area (Å²) >= 11 is 0. The molecule has 0 saturated carbocycles. The summed E-state index contributed by atoms with van der Waals surface area (Å²) in [5, 5.41) is 9.47. The molecule has 0 aromatic rings. The van der Waals surface area contributed by atoms with E-state index >= 15 is 0 Å². The molecule has 2 fully saturated rings. The maximum Gasteiger partial charge on any atom is 0.321 e. The molecular weight excluding hydrogens is 248 g/mol. The topological polar surface area (TPSA) is 77.9 Å². The molecule has 2 atom stereocenters. The monoisotopic (exact) mass is 268 g/mol. The minimum Gasteiger partial charge on any atom is -0.480 e. The van der Waals surface area contributed by atoms with Crippen molar-refractivity contribution < 1.29 is 19.5 Å². The SMILES string of the molecule is CN1C(=O)CC(N2CCCC(C)(C)C2C(=O)O)C1=O. The number of carbonyl (C=O) groups is 3. The van der Waals surface area contributed by atoms with Crippen molar-refractivity contribution in [2.75, 3.05) is 13.6 Å². The first-order valence-corrected chi connectivity index (χ1v) is 6.54. The maximum atomic E-state index is 12.1. The van der Waals surface area contributed by atoms with Crippen LogP contribution in [0.25, 0.3) is 0 Å². The number of likely N-dealkylation sites (tertiary alicyclic amines) is 2. The molecular formula is C13H20N2O4. The minimum absolute atomic E-state index is 0.0925. The van der Waals surface area contributed by atoms with Gasteiger partial charge in [-0.1, -0.05) is 13.8 Å². The highest BCUT2D eigenvalue weighted by atomic mass is 16.4. The number of likely N-dealkylation sites (N-methyl/N-ethyl adjacent to an activating group) is 1. The van der Waals surface area contributed by atoms with Gasteiger partial charge in [-0.2, -0.15) is 0 Å². The van der Waals surface area contributed by atoms with Gasteiger partial charge in [-0.15, -0.1) is 0 Å². The van der Waals surface area contributed by atoms with E-state index in [0.717, 1.165) is 17.7 Å². The van der Waals surface area contributed by atoms with Crippen LogP contribution in [0.1, 0.15) is 33.1 Å². The van der Waals surface area contributed by atoms with Crippen molar-refractivity contribution in [2.24, 2.45) is 5.41 Å². The summed E-state index contributed by atoms with van der Waals surface area (Å²) in [4.78, 5) is 38.0. The fourth-order valence-corrected chi connectivity index (χ4v) is 3.24. The molecule has 6 nitrogen and oxygen atoms in total. The molecule has 106 valence electrons. The lowest BCUT2D eigenvalue weighted by Crippen LogP contribution is -2.59. The average Bonchev–Trinajstić information content (AvgIpc) is 2.55. The maximum absolute atomic E-state index is 12.1. The minimum atomic E-state index is -0.917. The van der Waals surface area contributed by atoms with Gasteiger partial charge in [-0.05, 0) is 24.8 Å². The summed E-state index contributed by atoms with van der Waals surface area (Å²) in [6.45, 7) is 4.36.